The zero-order valence-corrected chi connectivity index (χ0v) is 17.0. The van der Waals surface area contributed by atoms with Gasteiger partial charge in [0.05, 0.1) is 10.5 Å². The standard InChI is InChI=1S/C19H25F3N2O4S/c1-14(25)24(16-8-12-28-13-9-16)15-6-10-23(11-7-15)29(26,27)18-5-3-2-4-17(18)19(20,21)22/h2-5,15-16H,6-13H2,1H3. The van der Waals surface area contributed by atoms with E-state index < -0.39 is 26.7 Å². The summed E-state index contributed by atoms with van der Waals surface area (Å²) in [5, 5.41) is 0. The first-order valence-corrected chi connectivity index (χ1v) is 11.1. The summed E-state index contributed by atoms with van der Waals surface area (Å²) in [5.41, 5.74) is -1.16. The van der Waals surface area contributed by atoms with Gasteiger partial charge in [0.2, 0.25) is 15.9 Å². The molecule has 6 nitrogen and oxygen atoms in total. The third kappa shape index (κ3) is 4.75. The number of carbonyl (C=O) groups is 1. The van der Waals surface area contributed by atoms with Crippen LogP contribution in [-0.2, 0) is 25.7 Å². The maximum atomic E-state index is 13.3. The zero-order valence-electron chi connectivity index (χ0n) is 16.2. The van der Waals surface area contributed by atoms with Crippen molar-refractivity contribution >= 4 is 15.9 Å². The Hall–Kier alpha value is -1.65. The van der Waals surface area contributed by atoms with Gasteiger partial charge in [-0.1, -0.05) is 12.1 Å². The molecular formula is C19H25F3N2O4S. The Morgan fingerprint density at radius 2 is 1.62 bits per heavy atom. The highest BCUT2D eigenvalue weighted by molar-refractivity contribution is 7.89. The summed E-state index contributed by atoms with van der Waals surface area (Å²) >= 11 is 0. The summed E-state index contributed by atoms with van der Waals surface area (Å²) in [6.07, 6.45) is -2.50. The van der Waals surface area contributed by atoms with Crippen LogP contribution < -0.4 is 0 Å². The summed E-state index contributed by atoms with van der Waals surface area (Å²) in [4.78, 5) is 13.3. The predicted molar refractivity (Wildman–Crippen MR) is 99.6 cm³/mol. The van der Waals surface area contributed by atoms with Crippen LogP contribution in [0, 0.1) is 0 Å². The van der Waals surface area contributed by atoms with E-state index in [2.05, 4.69) is 0 Å². The molecule has 2 fully saturated rings. The normalized spacial score (nSPS) is 20.6. The van der Waals surface area contributed by atoms with E-state index in [9.17, 15) is 26.4 Å². The number of piperidine rings is 1. The largest absolute Gasteiger partial charge is 0.417 e. The Morgan fingerprint density at radius 3 is 2.17 bits per heavy atom. The van der Waals surface area contributed by atoms with Crippen molar-refractivity contribution in [2.45, 2.75) is 55.8 Å². The highest BCUT2D eigenvalue weighted by Gasteiger charge is 2.41. The molecule has 0 aromatic heterocycles. The summed E-state index contributed by atoms with van der Waals surface area (Å²) < 4.78 is 72.0. The van der Waals surface area contributed by atoms with Gasteiger partial charge in [0, 0.05) is 45.3 Å². The smallest absolute Gasteiger partial charge is 0.381 e. The van der Waals surface area contributed by atoms with Crippen LogP contribution in [0.5, 0.6) is 0 Å². The zero-order chi connectivity index (χ0) is 21.2. The Morgan fingerprint density at radius 1 is 1.07 bits per heavy atom. The second-order valence-corrected chi connectivity index (χ2v) is 9.31. The number of hydrogen-bond donors (Lipinski definition) is 0. The molecule has 0 bridgehead atoms. The van der Waals surface area contributed by atoms with Crippen molar-refractivity contribution in [3.63, 3.8) is 0 Å². The summed E-state index contributed by atoms with van der Waals surface area (Å²) in [6, 6.07) is 4.17. The van der Waals surface area contributed by atoms with E-state index in [-0.39, 0.29) is 31.1 Å². The van der Waals surface area contributed by atoms with Crippen LogP contribution in [0.1, 0.15) is 38.2 Å². The van der Waals surface area contributed by atoms with Crippen molar-refractivity contribution in [3.05, 3.63) is 29.8 Å². The first kappa shape index (κ1) is 22.0. The van der Waals surface area contributed by atoms with Gasteiger partial charge >= 0.3 is 6.18 Å². The van der Waals surface area contributed by atoms with Crippen LogP contribution in [0.15, 0.2) is 29.2 Å². The number of alkyl halides is 3. The summed E-state index contributed by atoms with van der Waals surface area (Å²) in [5.74, 6) is -0.0689. The lowest BCUT2D eigenvalue weighted by atomic mass is 9.99. The minimum atomic E-state index is -4.75. The second kappa shape index (κ2) is 8.61. The Labute approximate surface area is 168 Å². The fourth-order valence-electron chi connectivity index (χ4n) is 4.20. The lowest BCUT2D eigenvalue weighted by Gasteiger charge is -2.43. The number of ether oxygens (including phenoxy) is 1. The van der Waals surface area contributed by atoms with Gasteiger partial charge < -0.3 is 9.64 Å². The van der Waals surface area contributed by atoms with E-state index in [4.69, 9.17) is 4.74 Å². The highest BCUT2D eigenvalue weighted by atomic mass is 32.2. The Bertz CT molecular complexity index is 830. The van der Waals surface area contributed by atoms with Crippen molar-refractivity contribution in [3.8, 4) is 0 Å². The molecule has 0 N–H and O–H groups in total. The lowest BCUT2D eigenvalue weighted by molar-refractivity contribution is -0.140. The first-order valence-electron chi connectivity index (χ1n) is 9.65. The average molecular weight is 434 g/mol. The number of benzene rings is 1. The van der Waals surface area contributed by atoms with Gasteiger partial charge in [-0.25, -0.2) is 8.42 Å². The summed E-state index contributed by atoms with van der Waals surface area (Å²) in [7, 11) is -4.28. The Balaban J connectivity index is 1.75. The first-order chi connectivity index (χ1) is 13.6. The molecule has 1 aromatic carbocycles. The molecule has 0 saturated carbocycles. The molecule has 0 unspecified atom stereocenters. The van der Waals surface area contributed by atoms with Gasteiger partial charge in [-0.3, -0.25) is 4.79 Å². The van der Waals surface area contributed by atoms with Crippen LogP contribution in [0.25, 0.3) is 0 Å². The molecule has 29 heavy (non-hydrogen) atoms. The number of sulfonamides is 1. The predicted octanol–water partition coefficient (Wildman–Crippen LogP) is 2.89. The lowest BCUT2D eigenvalue weighted by Crippen LogP contribution is -2.53. The molecule has 1 aromatic rings. The number of hydrogen-bond acceptors (Lipinski definition) is 4. The van der Waals surface area contributed by atoms with E-state index in [1.807, 2.05) is 4.90 Å². The third-order valence-electron chi connectivity index (χ3n) is 5.57. The SMILES string of the molecule is CC(=O)N(C1CCOCC1)C1CCN(S(=O)(=O)c2ccccc2C(F)(F)F)CC1. The minimum Gasteiger partial charge on any atom is -0.381 e. The van der Waals surface area contributed by atoms with Gasteiger partial charge in [0.1, 0.15) is 0 Å². The molecule has 0 aliphatic carbocycles. The molecule has 3 rings (SSSR count). The molecule has 2 heterocycles. The quantitative estimate of drug-likeness (QED) is 0.731. The van der Waals surface area contributed by atoms with Crippen LogP contribution in [0.2, 0.25) is 0 Å². The maximum absolute atomic E-state index is 13.3. The summed E-state index contributed by atoms with van der Waals surface area (Å²) in [6.45, 7) is 2.81. The topological polar surface area (TPSA) is 66.9 Å². The van der Waals surface area contributed by atoms with Crippen LogP contribution in [0.3, 0.4) is 0 Å². The number of halogens is 3. The van der Waals surface area contributed by atoms with E-state index in [1.165, 1.54) is 19.1 Å². The van der Waals surface area contributed by atoms with Crippen molar-refractivity contribution in [1.82, 2.24) is 9.21 Å². The van der Waals surface area contributed by atoms with Crippen LogP contribution in [0.4, 0.5) is 13.2 Å². The molecule has 0 spiro atoms. The minimum absolute atomic E-state index is 0.0559. The van der Waals surface area contributed by atoms with E-state index in [0.29, 0.717) is 26.1 Å². The number of carbonyl (C=O) groups excluding carboxylic acids is 1. The number of nitrogens with zero attached hydrogens (tertiary/aromatic N) is 2. The van der Waals surface area contributed by atoms with E-state index in [0.717, 1.165) is 29.3 Å². The highest BCUT2D eigenvalue weighted by Crippen LogP contribution is 2.36. The number of amides is 1. The van der Waals surface area contributed by atoms with Crippen molar-refractivity contribution in [1.29, 1.82) is 0 Å². The van der Waals surface area contributed by atoms with E-state index in [1.54, 1.807) is 0 Å². The second-order valence-electron chi connectivity index (χ2n) is 7.40. The fourth-order valence-corrected chi connectivity index (χ4v) is 5.88. The van der Waals surface area contributed by atoms with Crippen molar-refractivity contribution in [2.24, 2.45) is 0 Å². The fraction of sp³-hybridized carbons (Fsp3) is 0.632. The van der Waals surface area contributed by atoms with Crippen molar-refractivity contribution < 1.29 is 31.1 Å². The van der Waals surface area contributed by atoms with Gasteiger partial charge in [-0.2, -0.15) is 17.5 Å². The molecule has 0 radical (unpaired) electrons. The van der Waals surface area contributed by atoms with Gasteiger partial charge in [0.25, 0.3) is 0 Å². The monoisotopic (exact) mass is 434 g/mol. The molecule has 1 amide bonds. The molecule has 2 aliphatic rings. The van der Waals surface area contributed by atoms with Crippen molar-refractivity contribution in [2.75, 3.05) is 26.3 Å². The molecule has 162 valence electrons. The molecular weight excluding hydrogens is 409 g/mol. The molecule has 2 aliphatic heterocycles. The molecule has 10 heteroatoms. The van der Waals surface area contributed by atoms with Crippen LogP contribution in [-0.4, -0.2) is 61.9 Å². The molecule has 0 atom stereocenters. The van der Waals surface area contributed by atoms with E-state index >= 15 is 0 Å². The van der Waals surface area contributed by atoms with Gasteiger partial charge in [-0.05, 0) is 37.8 Å². The van der Waals surface area contributed by atoms with Crippen LogP contribution >= 0.6 is 0 Å². The van der Waals surface area contributed by atoms with Gasteiger partial charge in [0.15, 0.2) is 0 Å². The third-order valence-corrected chi connectivity index (χ3v) is 7.53. The van der Waals surface area contributed by atoms with Gasteiger partial charge in [-0.15, -0.1) is 0 Å². The molecule has 2 saturated heterocycles. The Kier molecular flexibility index (Phi) is 6.54. The average Bonchev–Trinajstić information content (AvgIpc) is 2.68. The maximum Gasteiger partial charge on any atom is 0.417 e. The number of rotatable bonds is 4.